The van der Waals surface area contributed by atoms with Crippen LogP contribution in [0, 0.1) is 13.8 Å². The van der Waals surface area contributed by atoms with Crippen LogP contribution in [0.5, 0.6) is 5.75 Å². The van der Waals surface area contributed by atoms with Crippen molar-refractivity contribution < 1.29 is 9.53 Å². The van der Waals surface area contributed by atoms with Crippen LogP contribution in [0.2, 0.25) is 0 Å². The van der Waals surface area contributed by atoms with Crippen LogP contribution in [0.3, 0.4) is 0 Å². The van der Waals surface area contributed by atoms with Crippen LogP contribution < -0.4 is 10.1 Å². The van der Waals surface area contributed by atoms with Crippen LogP contribution in [0.25, 0.3) is 0 Å². The maximum atomic E-state index is 12.0. The molecule has 1 heterocycles. The SMILES string of the molecule is CCCCCc1nnc(NC(=O)COc2c(C)cc(Br)cc2C)s1. The Kier molecular flexibility index (Phi) is 7.17. The molecule has 0 aliphatic rings. The molecule has 0 spiro atoms. The third-order valence-electron chi connectivity index (χ3n) is 3.48. The number of aryl methyl sites for hydroxylation is 3. The van der Waals surface area contributed by atoms with Gasteiger partial charge in [0.05, 0.1) is 0 Å². The van der Waals surface area contributed by atoms with Crippen molar-refractivity contribution in [1.82, 2.24) is 10.2 Å². The van der Waals surface area contributed by atoms with Crippen molar-refractivity contribution >= 4 is 38.3 Å². The van der Waals surface area contributed by atoms with Crippen LogP contribution in [0.1, 0.15) is 42.3 Å². The molecule has 2 aromatic rings. The molecule has 130 valence electrons. The number of ether oxygens (including phenoxy) is 1. The summed E-state index contributed by atoms with van der Waals surface area (Å²) in [5.74, 6) is 0.513. The van der Waals surface area contributed by atoms with Gasteiger partial charge in [-0.15, -0.1) is 10.2 Å². The number of anilines is 1. The summed E-state index contributed by atoms with van der Waals surface area (Å²) < 4.78 is 6.67. The van der Waals surface area contributed by atoms with Gasteiger partial charge in [-0.1, -0.05) is 47.0 Å². The molecular weight excluding hydrogens is 390 g/mol. The first-order valence-electron chi connectivity index (χ1n) is 8.01. The Hall–Kier alpha value is -1.47. The average Bonchev–Trinajstić information content (AvgIpc) is 2.93. The number of hydrogen-bond acceptors (Lipinski definition) is 5. The molecule has 0 atom stereocenters. The van der Waals surface area contributed by atoms with E-state index in [1.807, 2.05) is 26.0 Å². The van der Waals surface area contributed by atoms with Crippen molar-refractivity contribution in [1.29, 1.82) is 0 Å². The zero-order valence-corrected chi connectivity index (χ0v) is 16.6. The molecule has 24 heavy (non-hydrogen) atoms. The van der Waals surface area contributed by atoms with E-state index in [9.17, 15) is 4.79 Å². The number of nitrogens with one attached hydrogen (secondary N) is 1. The molecule has 1 N–H and O–H groups in total. The number of hydrogen-bond donors (Lipinski definition) is 1. The highest BCUT2D eigenvalue weighted by molar-refractivity contribution is 9.10. The maximum Gasteiger partial charge on any atom is 0.264 e. The second-order valence-electron chi connectivity index (χ2n) is 5.66. The van der Waals surface area contributed by atoms with Crippen molar-refractivity contribution in [2.24, 2.45) is 0 Å². The predicted octanol–water partition coefficient (Wildman–Crippen LogP) is 4.67. The number of unbranched alkanes of at least 4 members (excludes halogenated alkanes) is 2. The first-order valence-corrected chi connectivity index (χ1v) is 9.62. The smallest absolute Gasteiger partial charge is 0.264 e. The lowest BCUT2D eigenvalue weighted by molar-refractivity contribution is -0.118. The van der Waals surface area contributed by atoms with Crippen molar-refractivity contribution in [3.05, 3.63) is 32.7 Å². The fourth-order valence-corrected chi connectivity index (χ4v) is 3.83. The van der Waals surface area contributed by atoms with Gasteiger partial charge in [-0.25, -0.2) is 0 Å². The Bertz CT molecular complexity index is 680. The van der Waals surface area contributed by atoms with Crippen molar-refractivity contribution in [3.63, 3.8) is 0 Å². The Morgan fingerprint density at radius 1 is 1.25 bits per heavy atom. The van der Waals surface area contributed by atoms with E-state index in [2.05, 4.69) is 38.4 Å². The average molecular weight is 412 g/mol. The Morgan fingerprint density at radius 3 is 2.62 bits per heavy atom. The molecule has 0 aliphatic heterocycles. The van der Waals surface area contributed by atoms with Gasteiger partial charge >= 0.3 is 0 Å². The van der Waals surface area contributed by atoms with Gasteiger partial charge in [0.25, 0.3) is 5.91 Å². The third-order valence-corrected chi connectivity index (χ3v) is 4.84. The maximum absolute atomic E-state index is 12.0. The van der Waals surface area contributed by atoms with Gasteiger partial charge in [0.15, 0.2) is 6.61 Å². The minimum atomic E-state index is -0.229. The number of carbonyl (C=O) groups is 1. The van der Waals surface area contributed by atoms with E-state index in [1.165, 1.54) is 24.2 Å². The lowest BCUT2D eigenvalue weighted by atomic mass is 10.1. The molecule has 7 heteroatoms. The number of carbonyl (C=O) groups excluding carboxylic acids is 1. The first kappa shape index (κ1) is 18.9. The van der Waals surface area contributed by atoms with Crippen LogP contribution in [-0.4, -0.2) is 22.7 Å². The van der Waals surface area contributed by atoms with E-state index >= 15 is 0 Å². The highest BCUT2D eigenvalue weighted by atomic mass is 79.9. The molecule has 1 amide bonds. The molecular formula is C17H22BrN3O2S. The molecule has 0 saturated carbocycles. The largest absolute Gasteiger partial charge is 0.483 e. The number of halogens is 1. The van der Waals surface area contributed by atoms with E-state index in [1.54, 1.807) is 0 Å². The summed E-state index contributed by atoms with van der Waals surface area (Å²) in [5, 5.41) is 12.3. The van der Waals surface area contributed by atoms with E-state index in [0.717, 1.165) is 39.2 Å². The lowest BCUT2D eigenvalue weighted by Gasteiger charge is -2.12. The molecule has 0 radical (unpaired) electrons. The van der Waals surface area contributed by atoms with Gasteiger partial charge < -0.3 is 4.74 Å². The number of aromatic nitrogens is 2. The molecule has 0 aliphatic carbocycles. The summed E-state index contributed by atoms with van der Waals surface area (Å²) in [6, 6.07) is 3.93. The van der Waals surface area contributed by atoms with Gasteiger partial charge in [0, 0.05) is 10.9 Å². The first-order chi connectivity index (χ1) is 11.5. The quantitative estimate of drug-likeness (QED) is 0.640. The minimum Gasteiger partial charge on any atom is -0.483 e. The Balaban J connectivity index is 1.86. The van der Waals surface area contributed by atoms with E-state index in [0.29, 0.717) is 5.13 Å². The summed E-state index contributed by atoms with van der Waals surface area (Å²) in [7, 11) is 0. The van der Waals surface area contributed by atoms with Crippen molar-refractivity contribution in [2.45, 2.75) is 46.5 Å². The molecule has 1 aromatic carbocycles. The van der Waals surface area contributed by atoms with Crippen molar-refractivity contribution in [3.8, 4) is 5.75 Å². The minimum absolute atomic E-state index is 0.0476. The normalized spacial score (nSPS) is 10.7. The van der Waals surface area contributed by atoms with Crippen LogP contribution >= 0.6 is 27.3 Å². The summed E-state index contributed by atoms with van der Waals surface area (Å²) >= 11 is 4.87. The molecule has 5 nitrogen and oxygen atoms in total. The van der Waals surface area contributed by atoms with E-state index in [-0.39, 0.29) is 12.5 Å². The zero-order valence-electron chi connectivity index (χ0n) is 14.2. The number of nitrogens with zero attached hydrogens (tertiary/aromatic N) is 2. The number of benzene rings is 1. The molecule has 1 aromatic heterocycles. The van der Waals surface area contributed by atoms with Crippen LogP contribution in [-0.2, 0) is 11.2 Å². The summed E-state index contributed by atoms with van der Waals surface area (Å²) in [6.45, 7) is 6.03. The van der Waals surface area contributed by atoms with Gasteiger partial charge in [-0.05, 0) is 43.5 Å². The molecule has 0 fully saturated rings. The Morgan fingerprint density at radius 2 is 1.96 bits per heavy atom. The zero-order chi connectivity index (χ0) is 17.5. The standard InChI is InChI=1S/C17H22BrN3O2S/c1-4-5-6-7-15-20-21-17(24-15)19-14(22)10-23-16-11(2)8-13(18)9-12(16)3/h8-9H,4-7,10H2,1-3H3,(H,19,21,22). The Labute approximate surface area is 155 Å². The monoisotopic (exact) mass is 411 g/mol. The topological polar surface area (TPSA) is 64.1 Å². The second kappa shape index (κ2) is 9.13. The van der Waals surface area contributed by atoms with Gasteiger partial charge in [-0.2, -0.15) is 0 Å². The highest BCUT2D eigenvalue weighted by Gasteiger charge is 2.11. The summed E-state index contributed by atoms with van der Waals surface area (Å²) in [5.41, 5.74) is 1.98. The summed E-state index contributed by atoms with van der Waals surface area (Å²) in [4.78, 5) is 12.0. The predicted molar refractivity (Wildman–Crippen MR) is 101 cm³/mol. The van der Waals surface area contributed by atoms with Gasteiger partial charge in [-0.3, -0.25) is 10.1 Å². The van der Waals surface area contributed by atoms with Gasteiger partial charge in [0.2, 0.25) is 5.13 Å². The van der Waals surface area contributed by atoms with Crippen LogP contribution in [0.15, 0.2) is 16.6 Å². The fraction of sp³-hybridized carbons (Fsp3) is 0.471. The fourth-order valence-electron chi connectivity index (χ4n) is 2.35. The summed E-state index contributed by atoms with van der Waals surface area (Å²) in [6.07, 6.45) is 4.37. The molecule has 0 bridgehead atoms. The highest BCUT2D eigenvalue weighted by Crippen LogP contribution is 2.27. The lowest BCUT2D eigenvalue weighted by Crippen LogP contribution is -2.20. The van der Waals surface area contributed by atoms with Crippen LogP contribution in [0.4, 0.5) is 5.13 Å². The molecule has 0 unspecified atom stereocenters. The van der Waals surface area contributed by atoms with Crippen molar-refractivity contribution in [2.75, 3.05) is 11.9 Å². The van der Waals surface area contributed by atoms with E-state index in [4.69, 9.17) is 4.74 Å². The van der Waals surface area contributed by atoms with Gasteiger partial charge in [0.1, 0.15) is 10.8 Å². The molecule has 2 rings (SSSR count). The van der Waals surface area contributed by atoms with E-state index < -0.39 is 0 Å². The third kappa shape index (κ3) is 5.56. The number of rotatable bonds is 8. The number of amides is 1. The molecule has 0 saturated heterocycles. The second-order valence-corrected chi connectivity index (χ2v) is 7.64.